The van der Waals surface area contributed by atoms with Gasteiger partial charge in [0.25, 0.3) is 5.56 Å². The number of pyridine rings is 2. The first-order valence-corrected chi connectivity index (χ1v) is 12.2. The molecule has 2 aliphatic heterocycles. The average Bonchev–Trinajstić information content (AvgIpc) is 3.27. The number of carbonyl (C=O) groups excluding carboxylic acids is 2. The number of amides is 1. The maximum absolute atomic E-state index is 14.8. The van der Waals surface area contributed by atoms with Crippen molar-refractivity contribution >= 4 is 22.8 Å². The van der Waals surface area contributed by atoms with E-state index < -0.39 is 24.5 Å². The highest BCUT2D eigenvalue weighted by molar-refractivity contribution is 5.93. The van der Waals surface area contributed by atoms with Crippen molar-refractivity contribution in [2.45, 2.75) is 58.2 Å². The molecule has 37 heavy (non-hydrogen) atoms. The van der Waals surface area contributed by atoms with Crippen molar-refractivity contribution in [2.75, 3.05) is 13.8 Å². The van der Waals surface area contributed by atoms with E-state index >= 15 is 0 Å². The third-order valence-corrected chi connectivity index (χ3v) is 7.68. The molecule has 3 aliphatic rings. The van der Waals surface area contributed by atoms with Crippen molar-refractivity contribution in [3.8, 4) is 11.4 Å². The Labute approximate surface area is 211 Å². The Morgan fingerprint density at radius 2 is 2.00 bits per heavy atom. The van der Waals surface area contributed by atoms with E-state index in [0.29, 0.717) is 60.0 Å². The number of carbonyl (C=O) groups is 2. The molecule has 4 heterocycles. The number of hydrogen-bond donors (Lipinski definition) is 2. The highest BCUT2D eigenvalue weighted by atomic mass is 19.1. The average molecular weight is 512 g/mol. The number of aliphatic hydroxyl groups excluding tert-OH is 1. The minimum Gasteiger partial charge on any atom is -0.460 e. The predicted molar refractivity (Wildman–Crippen MR) is 131 cm³/mol. The smallest absolute Gasteiger partial charge is 0.313 e. The van der Waals surface area contributed by atoms with Crippen molar-refractivity contribution in [3.05, 3.63) is 61.7 Å². The Bertz CT molecular complexity index is 1530. The van der Waals surface area contributed by atoms with Crippen LogP contribution in [-0.2, 0) is 33.9 Å². The Kier molecular flexibility index (Phi) is 6.31. The minimum atomic E-state index is -0.638. The van der Waals surface area contributed by atoms with Crippen molar-refractivity contribution < 1.29 is 28.2 Å². The lowest BCUT2D eigenvalue weighted by atomic mass is 9.81. The van der Waals surface area contributed by atoms with E-state index in [9.17, 15) is 28.3 Å². The molecular formula is C27H27F2N3O5. The largest absolute Gasteiger partial charge is 0.460 e. The molecule has 1 aliphatic carbocycles. The van der Waals surface area contributed by atoms with Crippen molar-refractivity contribution in [2.24, 2.45) is 0 Å². The number of aryl methyl sites for hydroxylation is 1. The highest BCUT2D eigenvalue weighted by Crippen LogP contribution is 2.45. The van der Waals surface area contributed by atoms with Crippen LogP contribution in [0.25, 0.3) is 22.3 Å². The van der Waals surface area contributed by atoms with Gasteiger partial charge in [-0.25, -0.2) is 9.37 Å². The molecule has 0 bridgehead atoms. The summed E-state index contributed by atoms with van der Waals surface area (Å²) < 4.78 is 31.2. The van der Waals surface area contributed by atoms with Gasteiger partial charge in [-0.05, 0) is 54.5 Å². The molecule has 1 aromatic carbocycles. The minimum absolute atomic E-state index is 0.0634. The third-order valence-electron chi connectivity index (χ3n) is 7.68. The number of cyclic esters (lactones) is 1. The number of ether oxygens (including phenoxy) is 1. The number of rotatable bonds is 3. The lowest BCUT2D eigenvalue weighted by Crippen LogP contribution is -2.34. The lowest BCUT2D eigenvalue weighted by Gasteiger charge is -2.29. The number of fused-ring (bicyclic) bond motifs is 5. The van der Waals surface area contributed by atoms with E-state index in [1.807, 2.05) is 13.0 Å². The van der Waals surface area contributed by atoms with Gasteiger partial charge in [0.2, 0.25) is 5.91 Å². The summed E-state index contributed by atoms with van der Waals surface area (Å²) in [5, 5.41) is 13.0. The van der Waals surface area contributed by atoms with E-state index in [1.54, 1.807) is 11.5 Å². The monoisotopic (exact) mass is 511 g/mol. The third kappa shape index (κ3) is 3.65. The van der Waals surface area contributed by atoms with Crippen LogP contribution in [0.4, 0.5) is 8.78 Å². The SMILES string of the molecule is CCC1C(=O)OCc2c1cc1n(c2=O)Cc2c-1nc1cc(F)c(C)c3c1c2[C@H](NC(=O)CO)CC3.CF. The molecule has 10 heteroatoms. The second-order valence-electron chi connectivity index (χ2n) is 9.45. The summed E-state index contributed by atoms with van der Waals surface area (Å²) in [4.78, 5) is 42.8. The van der Waals surface area contributed by atoms with Crippen LogP contribution in [0.2, 0.25) is 0 Å². The van der Waals surface area contributed by atoms with Crippen LogP contribution in [0.3, 0.4) is 0 Å². The predicted octanol–water partition coefficient (Wildman–Crippen LogP) is 3.10. The van der Waals surface area contributed by atoms with Gasteiger partial charge in [0.15, 0.2) is 0 Å². The quantitative estimate of drug-likeness (QED) is 0.409. The molecule has 0 spiro atoms. The Morgan fingerprint density at radius 3 is 2.70 bits per heavy atom. The number of nitrogens with one attached hydrogen (secondary N) is 1. The summed E-state index contributed by atoms with van der Waals surface area (Å²) in [6.45, 7) is 3.16. The second-order valence-corrected chi connectivity index (χ2v) is 9.45. The summed E-state index contributed by atoms with van der Waals surface area (Å²) in [7, 11) is 0.500. The number of nitrogens with zero attached hydrogens (tertiary/aromatic N) is 2. The van der Waals surface area contributed by atoms with Crippen LogP contribution < -0.4 is 10.9 Å². The van der Waals surface area contributed by atoms with Crippen LogP contribution in [0, 0.1) is 12.7 Å². The van der Waals surface area contributed by atoms with Gasteiger partial charge in [-0.3, -0.25) is 18.8 Å². The van der Waals surface area contributed by atoms with Crippen molar-refractivity contribution in [3.63, 3.8) is 0 Å². The van der Waals surface area contributed by atoms with Crippen molar-refractivity contribution in [1.82, 2.24) is 14.9 Å². The molecular weight excluding hydrogens is 484 g/mol. The maximum Gasteiger partial charge on any atom is 0.313 e. The molecule has 0 fully saturated rings. The first kappa shape index (κ1) is 25.0. The molecule has 2 aromatic heterocycles. The highest BCUT2D eigenvalue weighted by Gasteiger charge is 2.37. The molecule has 0 saturated carbocycles. The van der Waals surface area contributed by atoms with Crippen LogP contribution in [0.15, 0.2) is 16.9 Å². The Morgan fingerprint density at radius 1 is 1.24 bits per heavy atom. The molecule has 1 unspecified atom stereocenters. The number of alkyl halides is 1. The van der Waals surface area contributed by atoms with E-state index in [4.69, 9.17) is 9.72 Å². The zero-order valence-electron chi connectivity index (χ0n) is 20.8. The molecule has 3 aromatic rings. The summed E-state index contributed by atoms with van der Waals surface area (Å²) in [6.07, 6.45) is 1.60. The number of benzene rings is 1. The number of aliphatic hydroxyl groups is 1. The van der Waals surface area contributed by atoms with Gasteiger partial charge in [0.1, 0.15) is 19.0 Å². The van der Waals surface area contributed by atoms with Gasteiger partial charge >= 0.3 is 5.97 Å². The molecule has 2 N–H and O–H groups in total. The normalized spacial score (nSPS) is 18.8. The van der Waals surface area contributed by atoms with Gasteiger partial charge in [-0.2, -0.15) is 0 Å². The summed E-state index contributed by atoms with van der Waals surface area (Å²) in [6, 6.07) is 2.84. The zero-order chi connectivity index (χ0) is 26.6. The van der Waals surface area contributed by atoms with Gasteiger partial charge < -0.3 is 19.7 Å². The molecule has 8 nitrogen and oxygen atoms in total. The maximum atomic E-state index is 14.8. The van der Waals surface area contributed by atoms with E-state index in [1.165, 1.54) is 6.07 Å². The molecule has 2 atom stereocenters. The fourth-order valence-electron chi connectivity index (χ4n) is 5.96. The molecule has 0 saturated heterocycles. The van der Waals surface area contributed by atoms with Crippen molar-refractivity contribution in [1.29, 1.82) is 0 Å². The summed E-state index contributed by atoms with van der Waals surface area (Å²) >= 11 is 0. The van der Waals surface area contributed by atoms with Gasteiger partial charge in [-0.1, -0.05) is 6.92 Å². The van der Waals surface area contributed by atoms with Gasteiger partial charge in [-0.15, -0.1) is 0 Å². The topological polar surface area (TPSA) is 111 Å². The first-order valence-electron chi connectivity index (χ1n) is 12.2. The van der Waals surface area contributed by atoms with E-state index in [0.717, 1.165) is 22.1 Å². The Hall–Kier alpha value is -3.66. The lowest BCUT2D eigenvalue weighted by molar-refractivity contribution is -0.148. The molecule has 6 rings (SSSR count). The van der Waals surface area contributed by atoms with Gasteiger partial charge in [0.05, 0.1) is 48.2 Å². The number of esters is 1. The van der Waals surface area contributed by atoms with E-state index in [2.05, 4.69) is 5.32 Å². The van der Waals surface area contributed by atoms with Crippen LogP contribution >= 0.6 is 0 Å². The van der Waals surface area contributed by atoms with Crippen LogP contribution in [-0.4, -0.2) is 40.3 Å². The number of halogens is 2. The molecule has 0 radical (unpaired) electrons. The molecule has 194 valence electrons. The second kappa shape index (κ2) is 9.33. The summed E-state index contributed by atoms with van der Waals surface area (Å²) in [5.74, 6) is -1.72. The first-order chi connectivity index (χ1) is 17.8. The summed E-state index contributed by atoms with van der Waals surface area (Å²) in [5.41, 5.74) is 5.52. The van der Waals surface area contributed by atoms with E-state index in [-0.39, 0.29) is 30.5 Å². The number of hydrogen-bond acceptors (Lipinski definition) is 6. The van der Waals surface area contributed by atoms with Crippen LogP contribution in [0.1, 0.15) is 65.1 Å². The zero-order valence-corrected chi connectivity index (χ0v) is 20.8. The van der Waals surface area contributed by atoms with Gasteiger partial charge in [0, 0.05) is 17.0 Å². The van der Waals surface area contributed by atoms with Crippen LogP contribution in [0.5, 0.6) is 0 Å². The standard InChI is InChI=1S/C26H24FN3O5.CH3F/c1-3-12-14-6-20-24-15(8-30(20)25(33)16(14)10-35-26(12)34)23-18(28-21(32)9-31)5-4-13-11(2)17(27)7-19(29-24)22(13)23;1-2/h6-7,12,18,31H,3-5,8-10H2,1-2H3,(H,28,32);1H3/t12?,18-;/m1./s1. The molecule has 1 amide bonds. The fraction of sp³-hybridized carbons (Fsp3) is 0.407. The fourth-order valence-corrected chi connectivity index (χ4v) is 5.96. The number of aromatic nitrogens is 2. The Balaban J connectivity index is 0.00000137.